The molecule has 2 aliphatic heterocycles. The maximum Gasteiger partial charge on any atom is 0.166 e. The lowest BCUT2D eigenvalue weighted by molar-refractivity contribution is 0.0821. The van der Waals surface area contributed by atoms with Gasteiger partial charge in [0.1, 0.15) is 6.10 Å². The Kier molecular flexibility index (Phi) is 2.19. The van der Waals surface area contributed by atoms with Crippen molar-refractivity contribution in [1.29, 1.82) is 0 Å². The normalized spacial score (nSPS) is 36.6. The van der Waals surface area contributed by atoms with Crippen LogP contribution in [0.1, 0.15) is 28.1 Å². The van der Waals surface area contributed by atoms with E-state index in [0.29, 0.717) is 37.4 Å². The van der Waals surface area contributed by atoms with Crippen molar-refractivity contribution in [2.75, 3.05) is 20.6 Å². The molecule has 0 saturated heterocycles. The Labute approximate surface area is 129 Å². The van der Waals surface area contributed by atoms with Gasteiger partial charge in [-0.05, 0) is 31.6 Å². The first kappa shape index (κ1) is 10.2. The highest BCUT2D eigenvalue weighted by molar-refractivity contribution is 5.60. The number of methoxy groups -OCH3 is 1. The van der Waals surface area contributed by atoms with Crippen LogP contribution in [0, 0.1) is 0 Å². The van der Waals surface area contributed by atoms with Crippen molar-refractivity contribution in [2.24, 2.45) is 0 Å². The molecule has 4 heteroatoms. The van der Waals surface area contributed by atoms with Crippen LogP contribution in [0.5, 0.6) is 11.5 Å². The van der Waals surface area contributed by atoms with Crippen LogP contribution < -0.4 is 9.47 Å². The molecule has 0 aromatic heterocycles. The van der Waals surface area contributed by atoms with E-state index in [2.05, 4.69) is 0 Å². The summed E-state index contributed by atoms with van der Waals surface area (Å²) in [6.07, 6.45) is 4.24. The van der Waals surface area contributed by atoms with E-state index < -0.39 is 18.5 Å². The monoisotopic (exact) mass is 291 g/mol. The molecule has 0 radical (unpaired) electrons. The molecular formula is C17H21NO3. The van der Waals surface area contributed by atoms with Crippen molar-refractivity contribution in [1.82, 2.24) is 4.90 Å². The molecule has 0 fully saturated rings. The Hall–Kier alpha value is -1.52. The van der Waals surface area contributed by atoms with E-state index in [0.717, 1.165) is 11.1 Å². The van der Waals surface area contributed by atoms with Crippen LogP contribution in [-0.4, -0.2) is 42.8 Å². The van der Waals surface area contributed by atoms with Gasteiger partial charge in [-0.1, -0.05) is 18.2 Å². The standard InChI is InChI=1S/C17H21NO3/c1-18-8-7-17-6-5-12(19)9-14(17)21-16-13(20-2)4-3-11(10-18)15(16)17/h3-6,12,14,19H,7-10H2,1-2H3/t12-,14?,17-/m0/s1/i1+1D3. The van der Waals surface area contributed by atoms with Crippen LogP contribution in [0.15, 0.2) is 24.3 Å². The Morgan fingerprint density at radius 1 is 1.52 bits per heavy atom. The van der Waals surface area contributed by atoms with Crippen molar-refractivity contribution in [3.63, 3.8) is 0 Å². The lowest BCUT2D eigenvalue weighted by atomic mass is 9.69. The lowest BCUT2D eigenvalue weighted by Crippen LogP contribution is -2.42. The highest BCUT2D eigenvalue weighted by atomic mass is 16.5. The van der Waals surface area contributed by atoms with Crippen LogP contribution in [0.4, 0.5) is 0 Å². The van der Waals surface area contributed by atoms with Gasteiger partial charge in [0, 0.05) is 22.6 Å². The van der Waals surface area contributed by atoms with Gasteiger partial charge in [-0.2, -0.15) is 0 Å². The van der Waals surface area contributed by atoms with Gasteiger partial charge >= 0.3 is 0 Å². The molecule has 1 aromatic rings. The van der Waals surface area contributed by atoms with Crippen LogP contribution >= 0.6 is 0 Å². The number of rotatable bonds is 1. The lowest BCUT2D eigenvalue weighted by Gasteiger charge is -2.35. The van der Waals surface area contributed by atoms with E-state index in [1.807, 2.05) is 24.3 Å². The van der Waals surface area contributed by atoms with Gasteiger partial charge in [-0.15, -0.1) is 0 Å². The van der Waals surface area contributed by atoms with Crippen molar-refractivity contribution >= 4 is 0 Å². The van der Waals surface area contributed by atoms with E-state index in [9.17, 15) is 5.11 Å². The quantitative estimate of drug-likeness (QED) is 0.633. The van der Waals surface area contributed by atoms with Gasteiger partial charge in [0.2, 0.25) is 0 Å². The zero-order valence-corrected chi connectivity index (χ0v) is 12.0. The fourth-order valence-electron chi connectivity index (χ4n) is 3.94. The molecule has 21 heavy (non-hydrogen) atoms. The molecule has 1 N–H and O–H groups in total. The number of ether oxygens (including phenoxy) is 2. The molecule has 2 heterocycles. The SMILES string of the molecule is [2H][13C]([2H])([2H])N1CC[C@@]23C=C[C@H](O)CC2Oc2c(OC)ccc(c23)C1. The molecule has 0 saturated carbocycles. The topological polar surface area (TPSA) is 41.9 Å². The third kappa shape index (κ3) is 1.75. The molecule has 3 aliphatic rings. The number of aliphatic hydroxyl groups excluding tert-OH is 1. The number of hydrogen-bond acceptors (Lipinski definition) is 4. The first-order valence-corrected chi connectivity index (χ1v) is 7.34. The van der Waals surface area contributed by atoms with Gasteiger partial charge in [0.05, 0.1) is 18.6 Å². The Bertz CT molecular complexity index is 703. The minimum atomic E-state index is -2.13. The van der Waals surface area contributed by atoms with Crippen LogP contribution in [0.2, 0.25) is 0 Å². The van der Waals surface area contributed by atoms with Crippen molar-refractivity contribution < 1.29 is 18.7 Å². The average molecular weight is 291 g/mol. The minimum Gasteiger partial charge on any atom is -0.493 e. The van der Waals surface area contributed by atoms with Gasteiger partial charge < -0.3 is 19.5 Å². The van der Waals surface area contributed by atoms with E-state index in [1.165, 1.54) is 4.90 Å². The first-order chi connectivity index (χ1) is 11.3. The second-order valence-corrected chi connectivity index (χ2v) is 6.11. The maximum atomic E-state index is 10.0. The van der Waals surface area contributed by atoms with Crippen LogP contribution in [0.3, 0.4) is 0 Å². The Morgan fingerprint density at radius 3 is 3.24 bits per heavy atom. The van der Waals surface area contributed by atoms with Crippen molar-refractivity contribution in [2.45, 2.75) is 37.0 Å². The molecule has 3 atom stereocenters. The Balaban J connectivity index is 1.90. The highest BCUT2D eigenvalue weighted by Crippen LogP contribution is 2.55. The first-order valence-electron chi connectivity index (χ1n) is 8.84. The highest BCUT2D eigenvalue weighted by Gasteiger charge is 2.52. The van der Waals surface area contributed by atoms with Crippen LogP contribution in [-0.2, 0) is 12.0 Å². The molecule has 0 bridgehead atoms. The number of hydrogen-bond donors (Lipinski definition) is 1. The maximum absolute atomic E-state index is 10.0. The molecule has 112 valence electrons. The zero-order valence-electron chi connectivity index (χ0n) is 15.0. The predicted octanol–water partition coefficient (Wildman–Crippen LogP) is 1.85. The number of nitrogens with zero attached hydrogens (tertiary/aromatic N) is 1. The predicted molar refractivity (Wildman–Crippen MR) is 79.8 cm³/mol. The van der Waals surface area contributed by atoms with E-state index in [1.54, 1.807) is 7.11 Å². The zero-order chi connectivity index (χ0) is 17.1. The van der Waals surface area contributed by atoms with Crippen molar-refractivity contribution in [3.8, 4) is 11.5 Å². The molecule has 4 rings (SSSR count). The van der Waals surface area contributed by atoms with Gasteiger partial charge in [-0.25, -0.2) is 0 Å². The molecule has 4 nitrogen and oxygen atoms in total. The van der Waals surface area contributed by atoms with E-state index in [4.69, 9.17) is 13.6 Å². The largest absolute Gasteiger partial charge is 0.493 e. The fourth-order valence-corrected chi connectivity index (χ4v) is 3.94. The minimum absolute atomic E-state index is 0.195. The molecule has 1 spiro atoms. The molecule has 1 unspecified atom stereocenters. The van der Waals surface area contributed by atoms with Gasteiger partial charge in [0.15, 0.2) is 11.5 Å². The smallest absolute Gasteiger partial charge is 0.166 e. The molecule has 1 aliphatic carbocycles. The van der Waals surface area contributed by atoms with Crippen molar-refractivity contribution in [3.05, 3.63) is 35.4 Å². The number of benzene rings is 1. The molecule has 1 aromatic carbocycles. The summed E-state index contributed by atoms with van der Waals surface area (Å²) in [6, 6.07) is 3.77. The third-order valence-corrected chi connectivity index (χ3v) is 4.96. The Morgan fingerprint density at radius 2 is 2.43 bits per heavy atom. The number of aliphatic hydroxyl groups is 1. The summed E-state index contributed by atoms with van der Waals surface area (Å²) < 4.78 is 35.0. The van der Waals surface area contributed by atoms with E-state index >= 15 is 0 Å². The summed E-state index contributed by atoms with van der Waals surface area (Å²) in [7, 11) is 1.60. The second kappa shape index (κ2) is 4.49. The van der Waals surface area contributed by atoms with Gasteiger partial charge in [-0.3, -0.25) is 0 Å². The summed E-state index contributed by atoms with van der Waals surface area (Å²) in [5.74, 6) is 1.36. The second-order valence-electron chi connectivity index (χ2n) is 6.11. The molecular weight excluding hydrogens is 267 g/mol. The summed E-state index contributed by atoms with van der Waals surface area (Å²) in [6.45, 7) is -1.32. The summed E-state index contributed by atoms with van der Waals surface area (Å²) in [4.78, 5) is 1.54. The molecule has 0 amide bonds. The van der Waals surface area contributed by atoms with Crippen LogP contribution in [0.25, 0.3) is 0 Å². The average Bonchev–Trinajstić information content (AvgIpc) is 2.74. The van der Waals surface area contributed by atoms with E-state index in [-0.39, 0.29) is 6.10 Å². The summed E-state index contributed by atoms with van der Waals surface area (Å²) in [5, 5.41) is 10.0. The summed E-state index contributed by atoms with van der Waals surface area (Å²) in [5.41, 5.74) is 1.60. The summed E-state index contributed by atoms with van der Waals surface area (Å²) >= 11 is 0. The van der Waals surface area contributed by atoms with Gasteiger partial charge in [0.25, 0.3) is 0 Å². The fraction of sp³-hybridized carbons (Fsp3) is 0.529. The third-order valence-electron chi connectivity index (χ3n) is 4.96.